The van der Waals surface area contributed by atoms with Crippen molar-refractivity contribution >= 4 is 28.6 Å². The van der Waals surface area contributed by atoms with E-state index >= 15 is 0 Å². The smallest absolute Gasteiger partial charge is 0.276 e. The van der Waals surface area contributed by atoms with Crippen molar-refractivity contribution in [1.82, 2.24) is 19.3 Å². The van der Waals surface area contributed by atoms with Crippen LogP contribution in [0.15, 0.2) is 18.2 Å². The summed E-state index contributed by atoms with van der Waals surface area (Å²) in [6, 6.07) is 5.19. The molecule has 0 aliphatic carbocycles. The molecule has 4 rings (SSSR count). The number of nitrogens with zero attached hydrogens (tertiary/aromatic N) is 5. The Balaban J connectivity index is 1.79. The largest absolute Gasteiger partial charge is 0.490 e. The summed E-state index contributed by atoms with van der Waals surface area (Å²) in [7, 11) is 0. The third kappa shape index (κ3) is 3.32. The standard InChI is InChI=1S/C20H23N7O2/c1-4-26-16(8-12(2)25-26)19(28)24-20-23-15-9-13(22-3)10-17-18(15)27(20)14(11-29-17)6-5-7-21/h8-10,14H,4-7,11,21H2,1-2H3,(H,23,24,28)/t14-/m0/s1. The molecule has 3 aromatic rings. The van der Waals surface area contributed by atoms with Crippen LogP contribution in [0.4, 0.5) is 11.6 Å². The van der Waals surface area contributed by atoms with Crippen molar-refractivity contribution in [2.24, 2.45) is 5.73 Å². The van der Waals surface area contributed by atoms with Gasteiger partial charge in [-0.1, -0.05) is 0 Å². The lowest BCUT2D eigenvalue weighted by Crippen LogP contribution is -2.26. The predicted octanol–water partition coefficient (Wildman–Crippen LogP) is 3.04. The van der Waals surface area contributed by atoms with Gasteiger partial charge in [-0.05, 0) is 51.4 Å². The van der Waals surface area contributed by atoms with Gasteiger partial charge in [0.05, 0.1) is 23.8 Å². The van der Waals surface area contributed by atoms with Crippen LogP contribution >= 0.6 is 0 Å². The van der Waals surface area contributed by atoms with Crippen molar-refractivity contribution in [3.05, 3.63) is 41.0 Å². The van der Waals surface area contributed by atoms with E-state index in [0.29, 0.717) is 48.3 Å². The number of benzene rings is 1. The number of carbonyl (C=O) groups excluding carboxylic acids is 1. The molecule has 9 heteroatoms. The lowest BCUT2D eigenvalue weighted by molar-refractivity contribution is 0.101. The highest BCUT2D eigenvalue weighted by molar-refractivity contribution is 6.03. The first-order valence-electron chi connectivity index (χ1n) is 9.67. The van der Waals surface area contributed by atoms with Crippen molar-refractivity contribution in [2.75, 3.05) is 18.5 Å². The molecular formula is C20H23N7O2. The van der Waals surface area contributed by atoms with E-state index in [-0.39, 0.29) is 11.9 Å². The van der Waals surface area contributed by atoms with Gasteiger partial charge in [0.1, 0.15) is 23.6 Å². The highest BCUT2D eigenvalue weighted by Gasteiger charge is 2.28. The Hall–Kier alpha value is -3.38. The maximum atomic E-state index is 13.0. The number of rotatable bonds is 6. The Morgan fingerprint density at radius 1 is 1.45 bits per heavy atom. The van der Waals surface area contributed by atoms with Crippen LogP contribution in [0.3, 0.4) is 0 Å². The van der Waals surface area contributed by atoms with Crippen molar-refractivity contribution in [3.8, 4) is 5.75 Å². The van der Waals surface area contributed by atoms with Gasteiger partial charge < -0.3 is 15.0 Å². The van der Waals surface area contributed by atoms with E-state index in [4.69, 9.17) is 17.0 Å². The molecule has 1 aliphatic rings. The lowest BCUT2D eigenvalue weighted by Gasteiger charge is -2.27. The number of hydrogen-bond acceptors (Lipinski definition) is 5. The summed E-state index contributed by atoms with van der Waals surface area (Å²) in [6.45, 7) is 12.7. The van der Waals surface area contributed by atoms with Crippen LogP contribution in [-0.4, -0.2) is 38.4 Å². The third-order valence-corrected chi connectivity index (χ3v) is 5.06. The highest BCUT2D eigenvalue weighted by Crippen LogP contribution is 2.40. The predicted molar refractivity (Wildman–Crippen MR) is 109 cm³/mol. The van der Waals surface area contributed by atoms with Gasteiger partial charge in [-0.15, -0.1) is 0 Å². The first-order valence-corrected chi connectivity index (χ1v) is 9.67. The molecule has 1 amide bonds. The molecule has 0 saturated heterocycles. The molecule has 0 saturated carbocycles. The quantitative estimate of drug-likeness (QED) is 0.627. The zero-order valence-corrected chi connectivity index (χ0v) is 16.5. The Kier molecular flexibility index (Phi) is 4.94. The fourth-order valence-corrected chi connectivity index (χ4v) is 3.76. The van der Waals surface area contributed by atoms with E-state index in [2.05, 4.69) is 20.2 Å². The summed E-state index contributed by atoms with van der Waals surface area (Å²) in [4.78, 5) is 21.1. The topological polar surface area (TPSA) is 104 Å². The molecule has 9 nitrogen and oxygen atoms in total. The number of hydrogen-bond donors (Lipinski definition) is 2. The number of aromatic nitrogens is 4. The van der Waals surface area contributed by atoms with Gasteiger partial charge in [0.15, 0.2) is 5.69 Å². The van der Waals surface area contributed by atoms with Gasteiger partial charge in [-0.25, -0.2) is 9.83 Å². The van der Waals surface area contributed by atoms with E-state index in [9.17, 15) is 4.79 Å². The van der Waals surface area contributed by atoms with Crippen molar-refractivity contribution in [1.29, 1.82) is 0 Å². The number of aryl methyl sites for hydroxylation is 2. The fourth-order valence-electron chi connectivity index (χ4n) is 3.76. The van der Waals surface area contributed by atoms with E-state index in [1.165, 1.54) is 0 Å². The van der Waals surface area contributed by atoms with Crippen LogP contribution in [0.25, 0.3) is 15.9 Å². The molecule has 1 atom stereocenters. The SMILES string of the molecule is [C-]#[N+]c1cc2c3c(c1)nc(NC(=O)c1cc(C)nn1CC)n3[C@@H](CCCN)CO2. The second-order valence-corrected chi connectivity index (χ2v) is 7.07. The molecule has 0 fully saturated rings. The Labute approximate surface area is 168 Å². The van der Waals surface area contributed by atoms with Crippen LogP contribution in [0.1, 0.15) is 42.0 Å². The molecular weight excluding hydrogens is 370 g/mol. The van der Waals surface area contributed by atoms with Gasteiger partial charge in [-0.3, -0.25) is 14.8 Å². The fraction of sp³-hybridized carbons (Fsp3) is 0.400. The molecule has 2 aromatic heterocycles. The highest BCUT2D eigenvalue weighted by atomic mass is 16.5. The van der Waals surface area contributed by atoms with E-state index in [1.54, 1.807) is 22.9 Å². The molecule has 1 aliphatic heterocycles. The van der Waals surface area contributed by atoms with Crippen LogP contribution in [-0.2, 0) is 6.54 Å². The average Bonchev–Trinajstić information content (AvgIpc) is 3.28. The third-order valence-electron chi connectivity index (χ3n) is 5.06. The molecule has 29 heavy (non-hydrogen) atoms. The number of nitrogens with two attached hydrogens (primary N) is 1. The average molecular weight is 393 g/mol. The Morgan fingerprint density at radius 2 is 2.28 bits per heavy atom. The maximum Gasteiger partial charge on any atom is 0.276 e. The minimum atomic E-state index is -0.268. The number of anilines is 1. The van der Waals surface area contributed by atoms with Crippen molar-refractivity contribution in [3.63, 3.8) is 0 Å². The normalized spacial score (nSPS) is 15.2. The first-order chi connectivity index (χ1) is 14.0. The second-order valence-electron chi connectivity index (χ2n) is 7.07. The molecule has 1 aromatic carbocycles. The molecule has 0 spiro atoms. The number of nitrogens with one attached hydrogen (secondary N) is 1. The van der Waals surface area contributed by atoms with Gasteiger partial charge in [0.2, 0.25) is 5.95 Å². The van der Waals surface area contributed by atoms with Gasteiger partial charge in [0, 0.05) is 6.54 Å². The van der Waals surface area contributed by atoms with Gasteiger partial charge in [0.25, 0.3) is 5.91 Å². The summed E-state index contributed by atoms with van der Waals surface area (Å²) < 4.78 is 9.60. The first kappa shape index (κ1) is 19.0. The molecule has 0 unspecified atom stereocenters. The van der Waals surface area contributed by atoms with Crippen LogP contribution < -0.4 is 15.8 Å². The monoisotopic (exact) mass is 393 g/mol. The number of ether oxygens (including phenoxy) is 1. The molecule has 0 bridgehead atoms. The summed E-state index contributed by atoms with van der Waals surface area (Å²) in [6.07, 6.45) is 1.64. The summed E-state index contributed by atoms with van der Waals surface area (Å²) in [5.41, 5.74) is 8.84. The van der Waals surface area contributed by atoms with Gasteiger partial charge in [-0.2, -0.15) is 5.10 Å². The Bertz CT molecular complexity index is 1120. The Morgan fingerprint density at radius 3 is 3.00 bits per heavy atom. The zero-order valence-electron chi connectivity index (χ0n) is 16.5. The summed E-state index contributed by atoms with van der Waals surface area (Å²) in [5, 5.41) is 7.29. The van der Waals surface area contributed by atoms with E-state index in [0.717, 1.165) is 24.1 Å². The van der Waals surface area contributed by atoms with E-state index < -0.39 is 0 Å². The lowest BCUT2D eigenvalue weighted by atomic mass is 10.1. The summed E-state index contributed by atoms with van der Waals surface area (Å²) in [5.74, 6) is 0.787. The van der Waals surface area contributed by atoms with Crippen LogP contribution in [0.2, 0.25) is 0 Å². The zero-order chi connectivity index (χ0) is 20.5. The second kappa shape index (κ2) is 7.56. The minimum Gasteiger partial charge on any atom is -0.490 e. The molecule has 0 radical (unpaired) electrons. The number of imidazole rings is 1. The molecule has 3 N–H and O–H groups in total. The van der Waals surface area contributed by atoms with E-state index in [1.807, 2.05) is 18.4 Å². The maximum absolute atomic E-state index is 13.0. The van der Waals surface area contributed by atoms with Crippen molar-refractivity contribution in [2.45, 2.75) is 39.3 Å². The molecule has 150 valence electrons. The summed E-state index contributed by atoms with van der Waals surface area (Å²) >= 11 is 0. The number of amides is 1. The van der Waals surface area contributed by atoms with Crippen LogP contribution in [0.5, 0.6) is 5.75 Å². The van der Waals surface area contributed by atoms with Crippen LogP contribution in [0, 0.1) is 13.5 Å². The molecule has 3 heterocycles. The van der Waals surface area contributed by atoms with Gasteiger partial charge >= 0.3 is 0 Å². The van der Waals surface area contributed by atoms with Crippen molar-refractivity contribution < 1.29 is 9.53 Å². The number of carbonyl (C=O) groups is 1. The minimum absolute atomic E-state index is 0.00274.